The number of hydrogen-bond acceptors (Lipinski definition) is 5. The van der Waals surface area contributed by atoms with Crippen LogP contribution in [-0.2, 0) is 14.3 Å². The molecule has 0 heterocycles. The molecule has 2 aromatic carbocycles. The number of carbonyl (C=O) groups excluding carboxylic acids is 2. The monoisotopic (exact) mass is 370 g/mol. The molecule has 2 rings (SSSR count). The van der Waals surface area contributed by atoms with Crippen LogP contribution in [0, 0.1) is 16.0 Å². The third-order valence-corrected chi connectivity index (χ3v) is 4.33. The summed E-state index contributed by atoms with van der Waals surface area (Å²) in [7, 11) is 0. The number of anilines is 1. The summed E-state index contributed by atoms with van der Waals surface area (Å²) >= 11 is 0. The summed E-state index contributed by atoms with van der Waals surface area (Å²) in [5.41, 5.74) is 1.18. The second kappa shape index (κ2) is 9.47. The molecule has 0 aliphatic rings. The third-order valence-electron chi connectivity index (χ3n) is 4.33. The second-order valence-corrected chi connectivity index (χ2v) is 6.23. The molecule has 0 fully saturated rings. The van der Waals surface area contributed by atoms with E-state index in [2.05, 4.69) is 5.32 Å². The number of rotatable bonds is 8. The molecule has 0 spiro atoms. The standard InChI is InChI=1S/C20H22N2O5/c1-3-14(2)19(15-7-5-4-6-8-15)20(24)27-13-18(23)21-16-9-11-17(12-10-16)22(25)26/h4-12,14,19H,3,13H2,1-2H3,(H,21,23)/t14-,19-/m1/s1. The summed E-state index contributed by atoms with van der Waals surface area (Å²) in [6.45, 7) is 3.54. The number of nitro groups is 1. The summed E-state index contributed by atoms with van der Waals surface area (Å²) in [5, 5.41) is 13.2. The van der Waals surface area contributed by atoms with Crippen molar-refractivity contribution in [1.82, 2.24) is 0 Å². The Balaban J connectivity index is 1.95. The molecule has 7 heteroatoms. The Bertz CT molecular complexity index is 790. The van der Waals surface area contributed by atoms with Crippen molar-refractivity contribution < 1.29 is 19.2 Å². The van der Waals surface area contributed by atoms with Gasteiger partial charge in [0.2, 0.25) is 0 Å². The van der Waals surface area contributed by atoms with Crippen LogP contribution in [0.5, 0.6) is 0 Å². The van der Waals surface area contributed by atoms with E-state index in [1.54, 1.807) is 0 Å². The summed E-state index contributed by atoms with van der Waals surface area (Å²) in [5.74, 6) is -1.33. The van der Waals surface area contributed by atoms with Crippen molar-refractivity contribution in [3.05, 3.63) is 70.3 Å². The number of ether oxygens (including phenoxy) is 1. The number of hydrogen-bond donors (Lipinski definition) is 1. The van der Waals surface area contributed by atoms with Gasteiger partial charge in [-0.05, 0) is 23.6 Å². The lowest BCUT2D eigenvalue weighted by Gasteiger charge is -2.21. The van der Waals surface area contributed by atoms with Gasteiger partial charge in [-0.2, -0.15) is 0 Å². The van der Waals surface area contributed by atoms with Crippen molar-refractivity contribution in [2.75, 3.05) is 11.9 Å². The lowest BCUT2D eigenvalue weighted by molar-refractivity contribution is -0.384. The Hall–Kier alpha value is -3.22. The Morgan fingerprint density at radius 3 is 2.30 bits per heavy atom. The van der Waals surface area contributed by atoms with Crippen LogP contribution in [0.2, 0.25) is 0 Å². The van der Waals surface area contributed by atoms with E-state index in [4.69, 9.17) is 4.74 Å². The van der Waals surface area contributed by atoms with Gasteiger partial charge in [0.25, 0.3) is 11.6 Å². The topological polar surface area (TPSA) is 98.5 Å². The van der Waals surface area contributed by atoms with Gasteiger partial charge in [-0.15, -0.1) is 0 Å². The fourth-order valence-electron chi connectivity index (χ4n) is 2.68. The Morgan fingerprint density at radius 2 is 1.74 bits per heavy atom. The van der Waals surface area contributed by atoms with E-state index in [9.17, 15) is 19.7 Å². The van der Waals surface area contributed by atoms with Crippen LogP contribution in [0.15, 0.2) is 54.6 Å². The molecule has 1 amide bonds. The molecule has 0 aliphatic carbocycles. The van der Waals surface area contributed by atoms with Crippen molar-refractivity contribution in [3.8, 4) is 0 Å². The fraction of sp³-hybridized carbons (Fsp3) is 0.300. The van der Waals surface area contributed by atoms with Crippen molar-refractivity contribution >= 4 is 23.3 Å². The molecular formula is C20H22N2O5. The van der Waals surface area contributed by atoms with E-state index < -0.39 is 29.3 Å². The smallest absolute Gasteiger partial charge is 0.314 e. The summed E-state index contributed by atoms with van der Waals surface area (Å²) in [6, 6.07) is 14.8. The van der Waals surface area contributed by atoms with E-state index >= 15 is 0 Å². The first kappa shape index (κ1) is 20.1. The second-order valence-electron chi connectivity index (χ2n) is 6.23. The van der Waals surface area contributed by atoms with Gasteiger partial charge in [0.15, 0.2) is 6.61 Å². The molecule has 0 radical (unpaired) electrons. The average molecular weight is 370 g/mol. The summed E-state index contributed by atoms with van der Waals surface area (Å²) in [6.07, 6.45) is 0.795. The zero-order valence-electron chi connectivity index (χ0n) is 15.3. The Morgan fingerprint density at radius 1 is 1.11 bits per heavy atom. The number of non-ortho nitro benzene ring substituents is 1. The number of nitro benzene ring substituents is 1. The third kappa shape index (κ3) is 5.64. The van der Waals surface area contributed by atoms with Gasteiger partial charge in [-0.25, -0.2) is 0 Å². The molecule has 0 saturated carbocycles. The summed E-state index contributed by atoms with van der Waals surface area (Å²) in [4.78, 5) is 34.7. The highest BCUT2D eigenvalue weighted by atomic mass is 16.6. The molecule has 0 aromatic heterocycles. The van der Waals surface area contributed by atoms with E-state index in [0.29, 0.717) is 5.69 Å². The molecule has 7 nitrogen and oxygen atoms in total. The van der Waals surface area contributed by atoms with Crippen LogP contribution in [0.4, 0.5) is 11.4 Å². The fourth-order valence-corrected chi connectivity index (χ4v) is 2.68. The first-order valence-electron chi connectivity index (χ1n) is 8.68. The molecule has 27 heavy (non-hydrogen) atoms. The maximum absolute atomic E-state index is 12.5. The number of carbonyl (C=O) groups is 2. The van der Waals surface area contributed by atoms with Gasteiger partial charge in [0, 0.05) is 17.8 Å². The Kier molecular flexibility index (Phi) is 7.05. The average Bonchev–Trinajstić information content (AvgIpc) is 2.67. The minimum Gasteiger partial charge on any atom is -0.455 e. The van der Waals surface area contributed by atoms with Crippen LogP contribution in [0.3, 0.4) is 0 Å². The van der Waals surface area contributed by atoms with Gasteiger partial charge in [-0.3, -0.25) is 19.7 Å². The van der Waals surface area contributed by atoms with Gasteiger partial charge in [0.1, 0.15) is 0 Å². The quantitative estimate of drug-likeness (QED) is 0.431. The number of benzene rings is 2. The van der Waals surface area contributed by atoms with Crippen LogP contribution in [-0.4, -0.2) is 23.4 Å². The highest BCUT2D eigenvalue weighted by Gasteiger charge is 2.27. The van der Waals surface area contributed by atoms with Crippen LogP contribution < -0.4 is 5.32 Å². The van der Waals surface area contributed by atoms with Crippen LogP contribution in [0.1, 0.15) is 31.7 Å². The van der Waals surface area contributed by atoms with Gasteiger partial charge >= 0.3 is 5.97 Å². The molecule has 2 aromatic rings. The largest absolute Gasteiger partial charge is 0.455 e. The number of nitrogens with zero attached hydrogens (tertiary/aromatic N) is 1. The molecular weight excluding hydrogens is 348 g/mol. The lowest BCUT2D eigenvalue weighted by Crippen LogP contribution is -2.26. The van der Waals surface area contributed by atoms with Crippen molar-refractivity contribution in [3.63, 3.8) is 0 Å². The van der Waals surface area contributed by atoms with E-state index in [-0.39, 0.29) is 11.6 Å². The SMILES string of the molecule is CC[C@@H](C)[C@@H](C(=O)OCC(=O)Nc1ccc([N+](=O)[O-])cc1)c1ccccc1. The van der Waals surface area contributed by atoms with E-state index in [1.807, 2.05) is 44.2 Å². The molecule has 0 aliphatic heterocycles. The molecule has 0 unspecified atom stereocenters. The highest BCUT2D eigenvalue weighted by molar-refractivity contribution is 5.93. The predicted molar refractivity (Wildman–Crippen MR) is 101 cm³/mol. The normalized spacial score (nSPS) is 12.7. The first-order valence-corrected chi connectivity index (χ1v) is 8.68. The lowest BCUT2D eigenvalue weighted by atomic mass is 9.86. The zero-order chi connectivity index (χ0) is 19.8. The molecule has 142 valence electrons. The number of esters is 1. The van der Waals surface area contributed by atoms with Crippen LogP contribution >= 0.6 is 0 Å². The number of amides is 1. The minimum atomic E-state index is -0.522. The van der Waals surface area contributed by atoms with Crippen molar-refractivity contribution in [2.24, 2.45) is 5.92 Å². The highest BCUT2D eigenvalue weighted by Crippen LogP contribution is 2.28. The Labute approximate surface area is 157 Å². The van der Waals surface area contributed by atoms with E-state index in [1.165, 1.54) is 24.3 Å². The van der Waals surface area contributed by atoms with Gasteiger partial charge in [0.05, 0.1) is 10.8 Å². The van der Waals surface area contributed by atoms with E-state index in [0.717, 1.165) is 12.0 Å². The summed E-state index contributed by atoms with van der Waals surface area (Å²) < 4.78 is 5.22. The van der Waals surface area contributed by atoms with Crippen molar-refractivity contribution in [2.45, 2.75) is 26.2 Å². The van der Waals surface area contributed by atoms with Crippen LogP contribution in [0.25, 0.3) is 0 Å². The van der Waals surface area contributed by atoms with Gasteiger partial charge < -0.3 is 10.1 Å². The maximum atomic E-state index is 12.5. The number of nitrogens with one attached hydrogen (secondary N) is 1. The minimum absolute atomic E-state index is 0.0673. The zero-order valence-corrected chi connectivity index (χ0v) is 15.3. The first-order chi connectivity index (χ1) is 12.9. The molecule has 0 saturated heterocycles. The molecule has 2 atom stereocenters. The molecule has 1 N–H and O–H groups in total. The molecule has 0 bridgehead atoms. The predicted octanol–water partition coefficient (Wildman–Crippen LogP) is 3.91. The van der Waals surface area contributed by atoms with Crippen molar-refractivity contribution in [1.29, 1.82) is 0 Å². The van der Waals surface area contributed by atoms with Gasteiger partial charge in [-0.1, -0.05) is 50.6 Å². The maximum Gasteiger partial charge on any atom is 0.314 e.